The molecule has 0 spiro atoms. The number of rotatable bonds is 8. The third-order valence-corrected chi connectivity index (χ3v) is 5.73. The number of nitrogens with one attached hydrogen (secondary N) is 2. The Labute approximate surface area is 175 Å². The fourth-order valence-electron chi connectivity index (χ4n) is 2.62. The molecule has 0 aliphatic carbocycles. The third kappa shape index (κ3) is 5.59. The summed E-state index contributed by atoms with van der Waals surface area (Å²) in [5.41, 5.74) is 0.490. The Morgan fingerprint density at radius 1 is 0.867 bits per heavy atom. The molecule has 1 atom stereocenters. The van der Waals surface area contributed by atoms with E-state index in [2.05, 4.69) is 10.0 Å². The topological polar surface area (TPSA) is 93.7 Å². The fraction of sp³-hybridized carbons (Fsp3) is 0.136. The summed E-state index contributed by atoms with van der Waals surface area (Å²) in [6.07, 6.45) is 0. The van der Waals surface area contributed by atoms with Gasteiger partial charge in [0.15, 0.2) is 0 Å². The highest BCUT2D eigenvalue weighted by Gasteiger charge is 2.22. The summed E-state index contributed by atoms with van der Waals surface area (Å²) in [6.45, 7) is 1.47. The predicted molar refractivity (Wildman–Crippen MR) is 114 cm³/mol. The van der Waals surface area contributed by atoms with Gasteiger partial charge in [0.1, 0.15) is 17.2 Å². The fourth-order valence-corrected chi connectivity index (χ4v) is 3.82. The van der Waals surface area contributed by atoms with E-state index < -0.39 is 22.0 Å². The van der Waals surface area contributed by atoms with Crippen molar-refractivity contribution in [1.29, 1.82) is 0 Å². The van der Waals surface area contributed by atoms with E-state index in [1.807, 2.05) is 30.3 Å². The minimum absolute atomic E-state index is 0.0428. The van der Waals surface area contributed by atoms with Crippen molar-refractivity contribution < 1.29 is 22.7 Å². The molecule has 0 fully saturated rings. The van der Waals surface area contributed by atoms with Gasteiger partial charge in [0.25, 0.3) is 0 Å². The van der Waals surface area contributed by atoms with Crippen LogP contribution in [-0.4, -0.2) is 27.5 Å². The standard InChI is InChI=1S/C22H22N2O5S/c1-16(24-30(26,27)21-13-11-18(28-2)12-14-21)22(25)23-17-7-6-10-20(15-17)29-19-8-4-3-5-9-19/h3-16,24H,1-2H3,(H,23,25). The van der Waals surface area contributed by atoms with Gasteiger partial charge in [0, 0.05) is 11.8 Å². The maximum atomic E-state index is 12.5. The second kappa shape index (κ2) is 9.43. The number of sulfonamides is 1. The van der Waals surface area contributed by atoms with Crippen LogP contribution in [0.2, 0.25) is 0 Å². The lowest BCUT2D eigenvalue weighted by Gasteiger charge is -2.15. The van der Waals surface area contributed by atoms with Crippen molar-refractivity contribution in [1.82, 2.24) is 4.72 Å². The van der Waals surface area contributed by atoms with Crippen LogP contribution in [-0.2, 0) is 14.8 Å². The number of carbonyl (C=O) groups is 1. The monoisotopic (exact) mass is 426 g/mol. The zero-order chi connectivity index (χ0) is 21.6. The van der Waals surface area contributed by atoms with Crippen LogP contribution < -0.4 is 19.5 Å². The maximum absolute atomic E-state index is 12.5. The number of methoxy groups -OCH3 is 1. The summed E-state index contributed by atoms with van der Waals surface area (Å²) in [6, 6.07) is 21.0. The number of anilines is 1. The zero-order valence-electron chi connectivity index (χ0n) is 16.5. The Bertz CT molecular complexity index is 1100. The van der Waals surface area contributed by atoms with Crippen molar-refractivity contribution in [3.8, 4) is 17.2 Å². The second-order valence-electron chi connectivity index (χ2n) is 6.45. The zero-order valence-corrected chi connectivity index (χ0v) is 17.3. The van der Waals surface area contributed by atoms with Crippen molar-refractivity contribution >= 4 is 21.6 Å². The molecule has 3 aromatic rings. The predicted octanol–water partition coefficient (Wildman–Crippen LogP) is 3.79. The van der Waals surface area contributed by atoms with Crippen LogP contribution in [0.1, 0.15) is 6.92 Å². The summed E-state index contributed by atoms with van der Waals surface area (Å²) in [7, 11) is -2.37. The smallest absolute Gasteiger partial charge is 0.242 e. The van der Waals surface area contributed by atoms with E-state index in [1.165, 1.54) is 38.3 Å². The van der Waals surface area contributed by atoms with Gasteiger partial charge in [-0.2, -0.15) is 4.72 Å². The molecule has 2 N–H and O–H groups in total. The first-order valence-electron chi connectivity index (χ1n) is 9.17. The van der Waals surface area contributed by atoms with Gasteiger partial charge in [-0.1, -0.05) is 24.3 Å². The Balaban J connectivity index is 1.64. The molecule has 0 saturated heterocycles. The summed E-state index contributed by atoms with van der Waals surface area (Å²) < 4.78 is 38.2. The first-order valence-corrected chi connectivity index (χ1v) is 10.7. The van der Waals surface area contributed by atoms with E-state index in [4.69, 9.17) is 9.47 Å². The molecule has 30 heavy (non-hydrogen) atoms. The Morgan fingerprint density at radius 2 is 1.53 bits per heavy atom. The van der Waals surface area contributed by atoms with Gasteiger partial charge < -0.3 is 14.8 Å². The van der Waals surface area contributed by atoms with Gasteiger partial charge in [-0.15, -0.1) is 0 Å². The lowest BCUT2D eigenvalue weighted by Crippen LogP contribution is -2.41. The van der Waals surface area contributed by atoms with E-state index >= 15 is 0 Å². The minimum Gasteiger partial charge on any atom is -0.497 e. The van der Waals surface area contributed by atoms with Crippen LogP contribution in [0, 0.1) is 0 Å². The van der Waals surface area contributed by atoms with Crippen LogP contribution in [0.15, 0.2) is 83.8 Å². The third-order valence-electron chi connectivity index (χ3n) is 4.18. The lowest BCUT2D eigenvalue weighted by atomic mass is 10.2. The van der Waals surface area contributed by atoms with Gasteiger partial charge in [0.2, 0.25) is 15.9 Å². The SMILES string of the molecule is COc1ccc(S(=O)(=O)NC(C)C(=O)Nc2cccc(Oc3ccccc3)c2)cc1. The molecule has 8 heteroatoms. The van der Waals surface area contributed by atoms with Crippen molar-refractivity contribution in [3.63, 3.8) is 0 Å². The highest BCUT2D eigenvalue weighted by Crippen LogP contribution is 2.24. The molecular formula is C22H22N2O5S. The van der Waals surface area contributed by atoms with Gasteiger partial charge >= 0.3 is 0 Å². The molecule has 1 unspecified atom stereocenters. The molecule has 3 aromatic carbocycles. The summed E-state index contributed by atoms with van der Waals surface area (Å²) in [4.78, 5) is 12.5. The summed E-state index contributed by atoms with van der Waals surface area (Å²) >= 11 is 0. The number of hydrogen-bond donors (Lipinski definition) is 2. The molecule has 0 aliphatic heterocycles. The normalized spacial score (nSPS) is 12.1. The van der Waals surface area contributed by atoms with E-state index in [-0.39, 0.29) is 4.90 Å². The minimum atomic E-state index is -3.86. The van der Waals surface area contributed by atoms with E-state index in [9.17, 15) is 13.2 Å². The van der Waals surface area contributed by atoms with E-state index in [0.717, 1.165) is 0 Å². The number of hydrogen-bond acceptors (Lipinski definition) is 5. The number of carbonyl (C=O) groups excluding carboxylic acids is 1. The molecule has 0 aliphatic rings. The van der Waals surface area contributed by atoms with E-state index in [0.29, 0.717) is 22.9 Å². The molecule has 7 nitrogen and oxygen atoms in total. The average Bonchev–Trinajstić information content (AvgIpc) is 2.74. The molecule has 0 heterocycles. The van der Waals surface area contributed by atoms with Crippen LogP contribution in [0.3, 0.4) is 0 Å². The quantitative estimate of drug-likeness (QED) is 0.572. The molecule has 156 valence electrons. The largest absolute Gasteiger partial charge is 0.497 e. The van der Waals surface area contributed by atoms with Gasteiger partial charge in [-0.05, 0) is 55.5 Å². The number of amides is 1. The average molecular weight is 426 g/mol. The highest BCUT2D eigenvalue weighted by atomic mass is 32.2. The lowest BCUT2D eigenvalue weighted by molar-refractivity contribution is -0.117. The van der Waals surface area contributed by atoms with Gasteiger partial charge in [-0.3, -0.25) is 4.79 Å². The van der Waals surface area contributed by atoms with Gasteiger partial charge in [-0.25, -0.2) is 8.42 Å². The van der Waals surface area contributed by atoms with Crippen LogP contribution in [0.4, 0.5) is 5.69 Å². The molecule has 0 aromatic heterocycles. The van der Waals surface area contributed by atoms with Crippen LogP contribution in [0.5, 0.6) is 17.2 Å². The molecule has 0 saturated carbocycles. The summed E-state index contributed by atoms with van der Waals surface area (Å²) in [5, 5.41) is 2.69. The van der Waals surface area contributed by atoms with Gasteiger partial charge in [0.05, 0.1) is 18.0 Å². The Morgan fingerprint density at radius 3 is 2.20 bits per heavy atom. The Hall–Kier alpha value is -3.36. The van der Waals surface area contributed by atoms with E-state index in [1.54, 1.807) is 24.3 Å². The molecule has 0 radical (unpaired) electrons. The summed E-state index contributed by atoms with van der Waals surface area (Å²) in [5.74, 6) is 1.26. The highest BCUT2D eigenvalue weighted by molar-refractivity contribution is 7.89. The molecular weight excluding hydrogens is 404 g/mol. The molecule has 1 amide bonds. The Kier molecular flexibility index (Phi) is 6.71. The van der Waals surface area contributed by atoms with Crippen LogP contribution >= 0.6 is 0 Å². The van der Waals surface area contributed by atoms with Crippen molar-refractivity contribution in [2.24, 2.45) is 0 Å². The molecule has 0 bridgehead atoms. The first kappa shape index (κ1) is 21.4. The van der Waals surface area contributed by atoms with Crippen molar-refractivity contribution in [2.45, 2.75) is 17.9 Å². The van der Waals surface area contributed by atoms with Crippen LogP contribution in [0.25, 0.3) is 0 Å². The van der Waals surface area contributed by atoms with Crippen molar-refractivity contribution in [3.05, 3.63) is 78.9 Å². The number of benzene rings is 3. The number of ether oxygens (including phenoxy) is 2. The van der Waals surface area contributed by atoms with Crippen molar-refractivity contribution in [2.75, 3.05) is 12.4 Å². The molecule has 3 rings (SSSR count). The first-order chi connectivity index (χ1) is 14.4. The number of para-hydroxylation sites is 1. The maximum Gasteiger partial charge on any atom is 0.242 e. The second-order valence-corrected chi connectivity index (χ2v) is 8.16.